The third-order valence-electron chi connectivity index (χ3n) is 3.80. The normalized spacial score (nSPS) is 16.4. The zero-order chi connectivity index (χ0) is 15.2. The SMILES string of the molecule is N#Cc1ccc(OCC(O)CC2CCCC2)c([N+](=O)[O-])c1. The average molecular weight is 290 g/mol. The van der Waals surface area contributed by atoms with Gasteiger partial charge in [-0.15, -0.1) is 0 Å². The minimum absolute atomic E-state index is 0.0310. The van der Waals surface area contributed by atoms with Crippen LogP contribution in [0.2, 0.25) is 0 Å². The maximum Gasteiger partial charge on any atom is 0.312 e. The van der Waals surface area contributed by atoms with Crippen molar-refractivity contribution in [3.8, 4) is 11.8 Å². The molecule has 1 fully saturated rings. The molecule has 0 heterocycles. The van der Waals surface area contributed by atoms with Crippen molar-refractivity contribution >= 4 is 5.69 Å². The van der Waals surface area contributed by atoms with E-state index in [0.29, 0.717) is 12.3 Å². The standard InChI is InChI=1S/C15H18N2O4/c16-9-12-5-6-15(14(8-12)17(19)20)21-10-13(18)7-11-3-1-2-4-11/h5-6,8,11,13,18H,1-4,7,10H2. The van der Waals surface area contributed by atoms with Crippen molar-refractivity contribution < 1.29 is 14.8 Å². The summed E-state index contributed by atoms with van der Waals surface area (Å²) in [5, 5.41) is 29.7. The fourth-order valence-electron chi connectivity index (χ4n) is 2.74. The van der Waals surface area contributed by atoms with E-state index >= 15 is 0 Å². The van der Waals surface area contributed by atoms with Crippen molar-refractivity contribution in [2.45, 2.75) is 38.2 Å². The highest BCUT2D eigenvalue weighted by Crippen LogP contribution is 2.30. The molecule has 1 aromatic rings. The molecule has 1 N–H and O–H groups in total. The third-order valence-corrected chi connectivity index (χ3v) is 3.80. The first kappa shape index (κ1) is 15.3. The number of hydrogen-bond acceptors (Lipinski definition) is 5. The molecule has 0 aliphatic heterocycles. The van der Waals surface area contributed by atoms with E-state index in [-0.39, 0.29) is 23.6 Å². The molecule has 1 aliphatic rings. The van der Waals surface area contributed by atoms with E-state index in [9.17, 15) is 15.2 Å². The lowest BCUT2D eigenvalue weighted by atomic mass is 10.0. The van der Waals surface area contributed by atoms with Gasteiger partial charge in [0.15, 0.2) is 5.75 Å². The largest absolute Gasteiger partial charge is 0.484 e. The van der Waals surface area contributed by atoms with Gasteiger partial charge in [0.25, 0.3) is 0 Å². The van der Waals surface area contributed by atoms with E-state index in [1.807, 2.05) is 6.07 Å². The van der Waals surface area contributed by atoms with Crippen molar-refractivity contribution in [1.82, 2.24) is 0 Å². The molecule has 0 amide bonds. The van der Waals surface area contributed by atoms with E-state index in [0.717, 1.165) is 12.8 Å². The highest BCUT2D eigenvalue weighted by Gasteiger charge is 2.21. The molecule has 0 radical (unpaired) electrons. The van der Waals surface area contributed by atoms with Gasteiger partial charge in [0.05, 0.1) is 22.7 Å². The van der Waals surface area contributed by atoms with Crippen molar-refractivity contribution in [3.05, 3.63) is 33.9 Å². The monoisotopic (exact) mass is 290 g/mol. The van der Waals surface area contributed by atoms with Gasteiger partial charge in [-0.2, -0.15) is 5.26 Å². The molecule has 1 unspecified atom stereocenters. The molecule has 6 heteroatoms. The molecule has 0 spiro atoms. The fraction of sp³-hybridized carbons (Fsp3) is 0.533. The van der Waals surface area contributed by atoms with Gasteiger partial charge in [-0.25, -0.2) is 0 Å². The van der Waals surface area contributed by atoms with E-state index < -0.39 is 11.0 Å². The van der Waals surface area contributed by atoms with E-state index in [1.54, 1.807) is 0 Å². The number of nitriles is 1. The smallest absolute Gasteiger partial charge is 0.312 e. The number of rotatable bonds is 6. The van der Waals surface area contributed by atoms with E-state index in [1.165, 1.54) is 31.0 Å². The molecule has 0 bridgehead atoms. The Morgan fingerprint density at radius 1 is 1.48 bits per heavy atom. The topological polar surface area (TPSA) is 96.4 Å². The summed E-state index contributed by atoms with van der Waals surface area (Å²) in [5.41, 5.74) is -0.0392. The third kappa shape index (κ3) is 4.17. The number of aliphatic hydroxyl groups excluding tert-OH is 1. The maximum absolute atomic E-state index is 11.0. The highest BCUT2D eigenvalue weighted by molar-refractivity contribution is 5.51. The Morgan fingerprint density at radius 3 is 2.81 bits per heavy atom. The van der Waals surface area contributed by atoms with Crippen LogP contribution in [0.4, 0.5) is 5.69 Å². The van der Waals surface area contributed by atoms with Crippen LogP contribution in [-0.4, -0.2) is 22.7 Å². The van der Waals surface area contributed by atoms with Crippen LogP contribution in [0.1, 0.15) is 37.7 Å². The summed E-state index contributed by atoms with van der Waals surface area (Å²) in [6, 6.07) is 5.90. The number of ether oxygens (including phenoxy) is 1. The Labute approximate surface area is 123 Å². The number of hydrogen-bond donors (Lipinski definition) is 1. The average Bonchev–Trinajstić information content (AvgIpc) is 2.97. The Morgan fingerprint density at radius 2 is 2.19 bits per heavy atom. The first-order valence-corrected chi connectivity index (χ1v) is 7.09. The Balaban J connectivity index is 1.95. The summed E-state index contributed by atoms with van der Waals surface area (Å²) in [4.78, 5) is 10.4. The van der Waals surface area contributed by atoms with Crippen LogP contribution in [0, 0.1) is 27.4 Å². The second-order valence-corrected chi connectivity index (χ2v) is 5.40. The highest BCUT2D eigenvalue weighted by atomic mass is 16.6. The molecule has 1 atom stereocenters. The lowest BCUT2D eigenvalue weighted by Crippen LogP contribution is -2.20. The Bertz CT molecular complexity index is 547. The van der Waals surface area contributed by atoms with Crippen LogP contribution in [0.15, 0.2) is 18.2 Å². The predicted octanol–water partition coefficient (Wildman–Crippen LogP) is 2.79. The van der Waals surface area contributed by atoms with Crippen molar-refractivity contribution in [3.63, 3.8) is 0 Å². The van der Waals surface area contributed by atoms with Gasteiger partial charge in [-0.3, -0.25) is 10.1 Å². The minimum atomic E-state index is -0.622. The van der Waals surface area contributed by atoms with Gasteiger partial charge in [0, 0.05) is 6.07 Å². The summed E-state index contributed by atoms with van der Waals surface area (Å²) in [6.45, 7) is 0.0310. The molecule has 112 valence electrons. The van der Waals surface area contributed by atoms with Gasteiger partial charge in [0.1, 0.15) is 6.61 Å². The molecular weight excluding hydrogens is 272 g/mol. The molecule has 6 nitrogen and oxygen atoms in total. The van der Waals surface area contributed by atoms with Gasteiger partial charge in [0.2, 0.25) is 0 Å². The van der Waals surface area contributed by atoms with Crippen molar-refractivity contribution in [1.29, 1.82) is 5.26 Å². The summed E-state index contributed by atoms with van der Waals surface area (Å²) in [5.74, 6) is 0.615. The zero-order valence-electron chi connectivity index (χ0n) is 11.7. The first-order chi connectivity index (χ1) is 10.1. The van der Waals surface area contributed by atoms with Gasteiger partial charge < -0.3 is 9.84 Å². The molecule has 0 aromatic heterocycles. The summed E-state index contributed by atoms with van der Waals surface area (Å²) >= 11 is 0. The van der Waals surface area contributed by atoms with Crippen molar-refractivity contribution in [2.75, 3.05) is 6.61 Å². The second kappa shape index (κ2) is 7.04. The maximum atomic E-state index is 11.0. The van der Waals surface area contributed by atoms with Crippen LogP contribution in [-0.2, 0) is 0 Å². The molecule has 21 heavy (non-hydrogen) atoms. The number of nitrogens with zero attached hydrogens (tertiary/aromatic N) is 2. The van der Waals surface area contributed by atoms with Crippen LogP contribution >= 0.6 is 0 Å². The summed E-state index contributed by atoms with van der Waals surface area (Å²) in [6.07, 6.45) is 4.73. The zero-order valence-corrected chi connectivity index (χ0v) is 11.7. The first-order valence-electron chi connectivity index (χ1n) is 7.09. The number of nitro benzene ring substituents is 1. The van der Waals surface area contributed by atoms with Crippen LogP contribution in [0.25, 0.3) is 0 Å². The van der Waals surface area contributed by atoms with E-state index in [4.69, 9.17) is 10.00 Å². The quantitative estimate of drug-likeness (QED) is 0.642. The molecule has 1 aliphatic carbocycles. The summed E-state index contributed by atoms with van der Waals surface area (Å²) < 4.78 is 5.37. The van der Waals surface area contributed by atoms with Gasteiger partial charge in [-0.1, -0.05) is 25.7 Å². The van der Waals surface area contributed by atoms with Crippen LogP contribution in [0.3, 0.4) is 0 Å². The number of benzene rings is 1. The summed E-state index contributed by atoms with van der Waals surface area (Å²) in [7, 11) is 0. The number of nitro groups is 1. The minimum Gasteiger partial charge on any atom is -0.484 e. The second-order valence-electron chi connectivity index (χ2n) is 5.40. The molecule has 2 rings (SSSR count). The predicted molar refractivity (Wildman–Crippen MR) is 75.9 cm³/mol. The lowest BCUT2D eigenvalue weighted by molar-refractivity contribution is -0.385. The molecular formula is C15H18N2O4. The van der Waals surface area contributed by atoms with Gasteiger partial charge in [-0.05, 0) is 24.5 Å². The Hall–Kier alpha value is -2.13. The van der Waals surface area contributed by atoms with E-state index in [2.05, 4.69) is 0 Å². The number of aliphatic hydroxyl groups is 1. The fourth-order valence-corrected chi connectivity index (χ4v) is 2.74. The van der Waals surface area contributed by atoms with Crippen molar-refractivity contribution in [2.24, 2.45) is 5.92 Å². The van der Waals surface area contributed by atoms with Gasteiger partial charge >= 0.3 is 5.69 Å². The van der Waals surface area contributed by atoms with Crippen LogP contribution < -0.4 is 4.74 Å². The molecule has 1 aromatic carbocycles. The molecule has 1 saturated carbocycles. The molecule has 0 saturated heterocycles. The lowest BCUT2D eigenvalue weighted by Gasteiger charge is -2.16. The van der Waals surface area contributed by atoms with Crippen LogP contribution in [0.5, 0.6) is 5.75 Å². The Kier molecular flexibility index (Phi) is 5.12.